The summed E-state index contributed by atoms with van der Waals surface area (Å²) < 4.78 is 45.2. The minimum atomic E-state index is -1.12. The van der Waals surface area contributed by atoms with Gasteiger partial charge in [0.1, 0.15) is 23.6 Å². The van der Waals surface area contributed by atoms with Crippen molar-refractivity contribution < 1.29 is 32.3 Å². The molecule has 1 saturated heterocycles. The van der Waals surface area contributed by atoms with E-state index in [4.69, 9.17) is 4.98 Å². The van der Waals surface area contributed by atoms with E-state index in [0.29, 0.717) is 56.9 Å². The number of nitrogens with one attached hydrogen (secondary N) is 2. The number of hydrogen-bond donors (Lipinski definition) is 2. The van der Waals surface area contributed by atoms with E-state index in [9.17, 15) is 32.3 Å². The number of carbonyl (C=O) groups is 4. The monoisotopic (exact) mass is 690 g/mol. The molecule has 0 spiro atoms. The fourth-order valence-electron chi connectivity index (χ4n) is 6.01. The lowest BCUT2D eigenvalue weighted by molar-refractivity contribution is -0.137. The van der Waals surface area contributed by atoms with Crippen molar-refractivity contribution in [2.45, 2.75) is 58.7 Å². The lowest BCUT2D eigenvalue weighted by Gasteiger charge is -2.41. The Labute approximate surface area is 283 Å². The highest BCUT2D eigenvalue weighted by molar-refractivity contribution is 7.99. The fourth-order valence-corrected chi connectivity index (χ4v) is 6.74. The van der Waals surface area contributed by atoms with Gasteiger partial charge in [0.15, 0.2) is 0 Å². The standard InChI is InChI=1S/C34H45F3N6O4S/c1-34(2,3)32(33-40-27(20-41(33)4)24-16-23(35)9-10-25(24)36)43(19-22-17-38-18-26(22)37)31(47)21-48-15-13-39-28(44)8-6-5-7-14-42-29(45)11-12-30(42)46/h9-12,16,20,22,26,32,38H,5-8,13-15,17-19,21H2,1-4H3,(H,39,44). The molecular formula is C34H45F3N6O4S. The quantitative estimate of drug-likeness (QED) is 0.201. The molecule has 3 unspecified atom stereocenters. The van der Waals surface area contributed by atoms with Gasteiger partial charge >= 0.3 is 0 Å². The lowest BCUT2D eigenvalue weighted by Crippen LogP contribution is -2.46. The number of rotatable bonds is 16. The molecule has 4 amide bonds. The number of nitrogens with zero attached hydrogens (tertiary/aromatic N) is 4. The van der Waals surface area contributed by atoms with Gasteiger partial charge in [0.25, 0.3) is 11.8 Å². The third-order valence-corrected chi connectivity index (χ3v) is 9.43. The number of imidazole rings is 1. The van der Waals surface area contributed by atoms with Crippen molar-refractivity contribution in [2.75, 3.05) is 44.2 Å². The first kappa shape index (κ1) is 37.2. The predicted octanol–water partition coefficient (Wildman–Crippen LogP) is 4.17. The number of aryl methyl sites for hydroxylation is 1. The van der Waals surface area contributed by atoms with Gasteiger partial charge in [-0.3, -0.25) is 24.1 Å². The molecule has 1 aromatic carbocycles. The normalized spacial score (nSPS) is 18.5. The zero-order chi connectivity index (χ0) is 35.0. The van der Waals surface area contributed by atoms with Gasteiger partial charge in [-0.2, -0.15) is 11.8 Å². The molecular weight excluding hydrogens is 645 g/mol. The third-order valence-electron chi connectivity index (χ3n) is 8.48. The van der Waals surface area contributed by atoms with Crippen molar-refractivity contribution in [3.05, 3.63) is 54.0 Å². The van der Waals surface area contributed by atoms with E-state index in [2.05, 4.69) is 10.6 Å². The maximum Gasteiger partial charge on any atom is 0.253 e. The number of thioether (sulfide) groups is 1. The molecule has 0 bridgehead atoms. The van der Waals surface area contributed by atoms with Gasteiger partial charge in [0.05, 0.1) is 17.5 Å². The Kier molecular flexibility index (Phi) is 12.9. The smallest absolute Gasteiger partial charge is 0.253 e. The number of halogens is 3. The van der Waals surface area contributed by atoms with Crippen molar-refractivity contribution >= 4 is 35.4 Å². The number of imide groups is 1. The molecule has 0 radical (unpaired) electrons. The average Bonchev–Trinajstić information content (AvgIpc) is 3.70. The van der Waals surface area contributed by atoms with E-state index in [1.54, 1.807) is 22.7 Å². The van der Waals surface area contributed by atoms with Crippen LogP contribution in [0.4, 0.5) is 13.2 Å². The van der Waals surface area contributed by atoms with Crippen molar-refractivity contribution in [1.29, 1.82) is 0 Å². The van der Waals surface area contributed by atoms with Crippen LogP contribution in [0.1, 0.15) is 58.3 Å². The van der Waals surface area contributed by atoms with Gasteiger partial charge in [-0.15, -0.1) is 0 Å². The zero-order valence-corrected chi connectivity index (χ0v) is 28.8. The summed E-state index contributed by atoms with van der Waals surface area (Å²) in [5.41, 5.74) is -0.313. The second kappa shape index (κ2) is 16.6. The number of alkyl halides is 1. The summed E-state index contributed by atoms with van der Waals surface area (Å²) in [6.45, 7) is 7.36. The molecule has 2 aliphatic heterocycles. The van der Waals surface area contributed by atoms with Gasteiger partial charge in [-0.25, -0.2) is 18.2 Å². The summed E-state index contributed by atoms with van der Waals surface area (Å²) in [5, 5.41) is 5.91. The van der Waals surface area contributed by atoms with E-state index >= 15 is 0 Å². The van der Waals surface area contributed by atoms with Crippen LogP contribution in [0.3, 0.4) is 0 Å². The molecule has 10 nitrogen and oxygen atoms in total. The summed E-state index contributed by atoms with van der Waals surface area (Å²) in [7, 11) is 1.74. The van der Waals surface area contributed by atoms with Crippen molar-refractivity contribution in [1.82, 2.24) is 30.0 Å². The number of carbonyl (C=O) groups excluding carboxylic acids is 4. The fraction of sp³-hybridized carbons (Fsp3) is 0.559. The van der Waals surface area contributed by atoms with Crippen LogP contribution in [0.15, 0.2) is 36.5 Å². The highest BCUT2D eigenvalue weighted by Crippen LogP contribution is 2.40. The van der Waals surface area contributed by atoms with Crippen LogP contribution in [0.2, 0.25) is 0 Å². The number of amides is 4. The Morgan fingerprint density at radius 1 is 1.12 bits per heavy atom. The first-order chi connectivity index (χ1) is 22.8. The molecule has 0 saturated carbocycles. The van der Waals surface area contributed by atoms with E-state index < -0.39 is 35.2 Å². The molecule has 2 aliphatic rings. The highest BCUT2D eigenvalue weighted by Gasteiger charge is 2.41. The Morgan fingerprint density at radius 3 is 2.52 bits per heavy atom. The molecule has 1 fully saturated rings. The second-order valence-electron chi connectivity index (χ2n) is 13.3. The molecule has 1 aromatic heterocycles. The van der Waals surface area contributed by atoms with Gasteiger partial charge in [0, 0.05) is 81.8 Å². The van der Waals surface area contributed by atoms with Gasteiger partial charge in [-0.1, -0.05) is 27.2 Å². The minimum absolute atomic E-state index is 0.0106. The van der Waals surface area contributed by atoms with Gasteiger partial charge < -0.3 is 20.1 Å². The minimum Gasteiger partial charge on any atom is -0.355 e. The molecule has 48 heavy (non-hydrogen) atoms. The SMILES string of the molecule is Cn1cc(-c2cc(F)ccc2F)nc1C(N(CC1CNCC1F)C(=O)CSCCNC(=O)CCCCCN1C(=O)C=CC1=O)C(C)(C)C. The number of benzene rings is 1. The summed E-state index contributed by atoms with van der Waals surface area (Å²) in [6.07, 6.45) is 5.25. The predicted molar refractivity (Wildman–Crippen MR) is 178 cm³/mol. The summed E-state index contributed by atoms with van der Waals surface area (Å²) in [6, 6.07) is 2.57. The summed E-state index contributed by atoms with van der Waals surface area (Å²) >= 11 is 1.36. The van der Waals surface area contributed by atoms with E-state index in [1.807, 2.05) is 20.8 Å². The second-order valence-corrected chi connectivity index (χ2v) is 14.4. The molecule has 262 valence electrons. The molecule has 3 atom stereocenters. The van der Waals surface area contributed by atoms with Crippen molar-refractivity contribution in [3.63, 3.8) is 0 Å². The van der Waals surface area contributed by atoms with Crippen LogP contribution in [0.25, 0.3) is 11.3 Å². The Balaban J connectivity index is 1.34. The van der Waals surface area contributed by atoms with E-state index in [0.717, 1.165) is 18.2 Å². The topological polar surface area (TPSA) is 117 Å². The molecule has 2 N–H and O–H groups in total. The van der Waals surface area contributed by atoms with Gasteiger partial charge in [0.2, 0.25) is 11.8 Å². The van der Waals surface area contributed by atoms with E-state index in [-0.39, 0.29) is 53.7 Å². The van der Waals surface area contributed by atoms with Crippen molar-refractivity contribution in [3.8, 4) is 11.3 Å². The largest absolute Gasteiger partial charge is 0.355 e. The first-order valence-corrected chi connectivity index (χ1v) is 17.4. The van der Waals surface area contributed by atoms with Crippen LogP contribution < -0.4 is 10.6 Å². The maximum atomic E-state index is 14.8. The van der Waals surface area contributed by atoms with Crippen LogP contribution in [0.5, 0.6) is 0 Å². The zero-order valence-electron chi connectivity index (χ0n) is 27.9. The van der Waals surface area contributed by atoms with Crippen LogP contribution >= 0.6 is 11.8 Å². The first-order valence-electron chi connectivity index (χ1n) is 16.3. The highest BCUT2D eigenvalue weighted by atomic mass is 32.2. The van der Waals surface area contributed by atoms with Crippen molar-refractivity contribution in [2.24, 2.45) is 18.4 Å². The number of aromatic nitrogens is 2. The number of unbranched alkanes of at least 4 members (excludes halogenated alkanes) is 2. The Morgan fingerprint density at radius 2 is 1.85 bits per heavy atom. The van der Waals surface area contributed by atoms with Crippen LogP contribution in [-0.2, 0) is 26.2 Å². The summed E-state index contributed by atoms with van der Waals surface area (Å²) in [4.78, 5) is 57.0. The average molecular weight is 691 g/mol. The Hall–Kier alpha value is -3.65. The van der Waals surface area contributed by atoms with Crippen LogP contribution in [0, 0.1) is 23.0 Å². The Bertz CT molecular complexity index is 1490. The van der Waals surface area contributed by atoms with E-state index in [1.165, 1.54) is 28.8 Å². The molecule has 3 heterocycles. The van der Waals surface area contributed by atoms with Crippen LogP contribution in [-0.4, -0.2) is 93.4 Å². The maximum absolute atomic E-state index is 14.8. The van der Waals surface area contributed by atoms with Gasteiger partial charge in [-0.05, 0) is 36.5 Å². The third kappa shape index (κ3) is 9.71. The molecule has 2 aromatic rings. The molecule has 0 aliphatic carbocycles. The molecule has 4 rings (SSSR count). The molecule has 14 heteroatoms. The summed E-state index contributed by atoms with van der Waals surface area (Å²) in [5.74, 6) is -1.52. The number of hydrogen-bond acceptors (Lipinski definition) is 7. The lowest BCUT2D eigenvalue weighted by atomic mass is 9.84.